The largest absolute Gasteiger partial charge is 0.515 e. The van der Waals surface area contributed by atoms with Gasteiger partial charge in [0.15, 0.2) is 15.3 Å². The molecule has 1 aromatic carbocycles. The van der Waals surface area contributed by atoms with Crippen molar-refractivity contribution in [1.29, 1.82) is 0 Å². The summed E-state index contributed by atoms with van der Waals surface area (Å²) in [6.45, 7) is 1.93. The van der Waals surface area contributed by atoms with Gasteiger partial charge in [0.1, 0.15) is 5.69 Å². The van der Waals surface area contributed by atoms with Crippen LogP contribution in [0.1, 0.15) is 42.5 Å². The highest BCUT2D eigenvalue weighted by atomic mass is 32.2. The summed E-state index contributed by atoms with van der Waals surface area (Å²) in [6, 6.07) is 7.87. The fraction of sp³-hybridized carbons (Fsp3) is 0.250. The Balaban J connectivity index is 1.35. The maximum absolute atomic E-state index is 13.0. The van der Waals surface area contributed by atoms with Gasteiger partial charge in [0.2, 0.25) is 5.88 Å². The highest BCUT2D eigenvalue weighted by Crippen LogP contribution is 2.50. The number of anilines is 1. The highest BCUT2D eigenvalue weighted by molar-refractivity contribution is 8.00. The van der Waals surface area contributed by atoms with E-state index in [1.807, 2.05) is 30.5 Å². The van der Waals surface area contributed by atoms with Crippen LogP contribution in [-0.4, -0.2) is 38.5 Å². The molecule has 0 saturated heterocycles. The lowest BCUT2D eigenvalue weighted by atomic mass is 9.79. The summed E-state index contributed by atoms with van der Waals surface area (Å²) in [5, 5.41) is 4.11. The zero-order chi connectivity index (χ0) is 23.9. The Morgan fingerprint density at radius 1 is 1.29 bits per heavy atom. The van der Waals surface area contributed by atoms with Crippen molar-refractivity contribution in [3.05, 3.63) is 58.4 Å². The molecule has 1 aliphatic carbocycles. The smallest absolute Gasteiger partial charge is 0.434 e. The second kappa shape index (κ2) is 8.90. The Labute approximate surface area is 208 Å². The standard InChI is InChI=1S/C24H21N5O4S2/c1-2-32-24(31)33-21-20-12(10-25-21)18(19-15(27-20)8-5-9-16(19)30)17-11-26-23(34-17)35-22-28-13-6-3-4-7-14(13)29-22/h3-4,6-7,10-11,18,25,27H,2,5,8-9H2,1H3,(H,28,29). The summed E-state index contributed by atoms with van der Waals surface area (Å²) in [5.74, 6) is 0.102. The van der Waals surface area contributed by atoms with E-state index in [-0.39, 0.29) is 24.2 Å². The normalized spacial score (nSPS) is 17.2. The Bertz CT molecular complexity index is 1450. The van der Waals surface area contributed by atoms with Crippen LogP contribution >= 0.6 is 23.1 Å². The van der Waals surface area contributed by atoms with Crippen molar-refractivity contribution in [3.8, 4) is 5.88 Å². The third-order valence-electron chi connectivity index (χ3n) is 5.99. The van der Waals surface area contributed by atoms with Crippen LogP contribution in [0, 0.1) is 0 Å². The average molecular weight is 508 g/mol. The number of hydrogen-bond donors (Lipinski definition) is 3. The van der Waals surface area contributed by atoms with E-state index in [0.717, 1.165) is 55.1 Å². The van der Waals surface area contributed by atoms with Gasteiger partial charge in [-0.1, -0.05) is 12.1 Å². The number of Topliss-reactive ketones (excluding diaryl/α,β-unsaturated/α-hetero) is 1. The lowest BCUT2D eigenvalue weighted by molar-refractivity contribution is -0.116. The number of imidazole rings is 1. The zero-order valence-corrected chi connectivity index (χ0v) is 20.3. The van der Waals surface area contributed by atoms with Gasteiger partial charge in [-0.05, 0) is 43.7 Å². The monoisotopic (exact) mass is 507 g/mol. The number of carbonyl (C=O) groups is 2. The van der Waals surface area contributed by atoms with E-state index in [2.05, 4.69) is 25.3 Å². The summed E-state index contributed by atoms with van der Waals surface area (Å²) in [5.41, 5.74) is 4.98. The number of thiazole rings is 1. The number of nitrogens with zero attached hydrogens (tertiary/aromatic N) is 2. The number of para-hydroxylation sites is 2. The van der Waals surface area contributed by atoms with Crippen molar-refractivity contribution in [1.82, 2.24) is 19.9 Å². The molecule has 3 N–H and O–H groups in total. The molecule has 2 aliphatic rings. The van der Waals surface area contributed by atoms with Crippen LogP contribution in [0.4, 0.5) is 10.5 Å². The van der Waals surface area contributed by atoms with Crippen molar-refractivity contribution >= 4 is 51.8 Å². The molecular formula is C24H21N5O4S2. The van der Waals surface area contributed by atoms with Crippen molar-refractivity contribution < 1.29 is 19.1 Å². The topological polar surface area (TPSA) is 122 Å². The van der Waals surface area contributed by atoms with Crippen LogP contribution < -0.4 is 10.1 Å². The number of H-pyrrole nitrogens is 2. The first-order valence-corrected chi connectivity index (χ1v) is 12.9. The van der Waals surface area contributed by atoms with Crippen LogP contribution in [0.25, 0.3) is 11.0 Å². The minimum atomic E-state index is -0.780. The summed E-state index contributed by atoms with van der Waals surface area (Å²) < 4.78 is 11.1. The molecule has 6 rings (SSSR count). The summed E-state index contributed by atoms with van der Waals surface area (Å²) in [7, 11) is 0. The molecule has 11 heteroatoms. The highest BCUT2D eigenvalue weighted by Gasteiger charge is 2.38. The molecule has 3 aromatic heterocycles. The van der Waals surface area contributed by atoms with E-state index >= 15 is 0 Å². The van der Waals surface area contributed by atoms with Crippen LogP contribution in [0.5, 0.6) is 5.88 Å². The predicted octanol–water partition coefficient (Wildman–Crippen LogP) is 5.60. The second-order valence-corrected chi connectivity index (χ2v) is 10.4. The van der Waals surface area contributed by atoms with Crippen LogP contribution in [0.15, 0.2) is 57.4 Å². The van der Waals surface area contributed by atoms with E-state index < -0.39 is 6.16 Å². The quantitative estimate of drug-likeness (QED) is 0.299. The summed E-state index contributed by atoms with van der Waals surface area (Å²) in [6.07, 6.45) is 4.86. The number of aromatic nitrogens is 4. The first kappa shape index (κ1) is 21.9. The number of benzene rings is 1. The first-order chi connectivity index (χ1) is 17.1. The summed E-state index contributed by atoms with van der Waals surface area (Å²) in [4.78, 5) is 41.5. The van der Waals surface area contributed by atoms with Gasteiger partial charge >= 0.3 is 6.16 Å². The molecule has 0 radical (unpaired) electrons. The number of ketones is 1. The second-order valence-electron chi connectivity index (χ2n) is 8.15. The number of fused-ring (bicyclic) bond motifs is 2. The Morgan fingerprint density at radius 2 is 2.17 bits per heavy atom. The van der Waals surface area contributed by atoms with Gasteiger partial charge in [-0.2, -0.15) is 0 Å². The molecule has 4 aromatic rings. The van der Waals surface area contributed by atoms with E-state index in [1.54, 1.807) is 13.1 Å². The van der Waals surface area contributed by atoms with E-state index in [9.17, 15) is 9.59 Å². The first-order valence-electron chi connectivity index (χ1n) is 11.3. The SMILES string of the molecule is CCOC(=O)Oc1[nH]cc2c1NC1=C(C(=O)CCC1)C2c1cnc(Sc2nc3ccccc3[nH]2)s1. The van der Waals surface area contributed by atoms with Gasteiger partial charge in [-0.3, -0.25) is 4.79 Å². The van der Waals surface area contributed by atoms with Gasteiger partial charge in [0.05, 0.1) is 23.6 Å². The number of hydrogen-bond acceptors (Lipinski definition) is 9. The maximum atomic E-state index is 13.0. The number of ether oxygens (including phenoxy) is 2. The average Bonchev–Trinajstić information content (AvgIpc) is 3.57. The molecule has 0 bridgehead atoms. The zero-order valence-electron chi connectivity index (χ0n) is 18.7. The lowest BCUT2D eigenvalue weighted by Gasteiger charge is -2.31. The van der Waals surface area contributed by atoms with Crippen LogP contribution in [-0.2, 0) is 9.53 Å². The Morgan fingerprint density at radius 3 is 3.03 bits per heavy atom. The summed E-state index contributed by atoms with van der Waals surface area (Å²) >= 11 is 2.99. The Kier molecular flexibility index (Phi) is 5.57. The van der Waals surface area contributed by atoms with Gasteiger partial charge in [0.25, 0.3) is 0 Å². The third kappa shape index (κ3) is 4.00. The fourth-order valence-corrected chi connectivity index (χ4v) is 6.57. The van der Waals surface area contributed by atoms with Crippen molar-refractivity contribution in [3.63, 3.8) is 0 Å². The molecule has 1 unspecified atom stereocenters. The number of allylic oxidation sites excluding steroid dienone is 2. The van der Waals surface area contributed by atoms with Gasteiger partial charge < -0.3 is 24.8 Å². The van der Waals surface area contributed by atoms with Gasteiger partial charge in [-0.15, -0.1) is 11.3 Å². The number of carbonyl (C=O) groups excluding carboxylic acids is 2. The van der Waals surface area contributed by atoms with Crippen molar-refractivity contribution in [2.75, 3.05) is 11.9 Å². The number of rotatable bonds is 5. The molecule has 35 heavy (non-hydrogen) atoms. The predicted molar refractivity (Wildman–Crippen MR) is 132 cm³/mol. The molecule has 0 amide bonds. The molecule has 9 nitrogen and oxygen atoms in total. The molecule has 1 atom stereocenters. The molecule has 178 valence electrons. The molecular weight excluding hydrogens is 486 g/mol. The number of aromatic amines is 2. The lowest BCUT2D eigenvalue weighted by Crippen LogP contribution is -2.26. The minimum Gasteiger partial charge on any atom is -0.434 e. The van der Waals surface area contributed by atoms with E-state index in [0.29, 0.717) is 12.1 Å². The maximum Gasteiger partial charge on any atom is 0.515 e. The molecule has 0 fully saturated rings. The number of nitrogens with one attached hydrogen (secondary N) is 3. The van der Waals surface area contributed by atoms with Gasteiger partial charge in [0, 0.05) is 40.5 Å². The van der Waals surface area contributed by atoms with Gasteiger partial charge in [-0.25, -0.2) is 14.8 Å². The van der Waals surface area contributed by atoms with E-state index in [4.69, 9.17) is 9.47 Å². The third-order valence-corrected chi connectivity index (χ3v) is 8.02. The molecule has 0 spiro atoms. The Hall–Kier alpha value is -3.57. The molecule has 1 aliphatic heterocycles. The van der Waals surface area contributed by atoms with Crippen LogP contribution in [0.3, 0.4) is 0 Å². The fourth-order valence-electron chi connectivity index (χ4n) is 4.53. The van der Waals surface area contributed by atoms with Crippen molar-refractivity contribution in [2.24, 2.45) is 0 Å². The van der Waals surface area contributed by atoms with Crippen molar-refractivity contribution in [2.45, 2.75) is 41.6 Å². The molecule has 4 heterocycles. The van der Waals surface area contributed by atoms with E-state index in [1.165, 1.54) is 23.1 Å². The van der Waals surface area contributed by atoms with Crippen LogP contribution in [0.2, 0.25) is 0 Å². The molecule has 0 saturated carbocycles. The minimum absolute atomic E-state index is 0.128.